The number of aromatic nitrogens is 2. The van der Waals surface area contributed by atoms with Crippen LogP contribution in [-0.2, 0) is 0 Å². The first-order valence-electron chi connectivity index (χ1n) is 9.81. The molecule has 0 saturated carbocycles. The Kier molecular flexibility index (Phi) is 4.88. The lowest BCUT2D eigenvalue weighted by Crippen LogP contribution is -2.34. The number of nitrogens with one attached hydrogen (secondary N) is 1. The lowest BCUT2D eigenvalue weighted by atomic mass is 10.1. The van der Waals surface area contributed by atoms with E-state index in [0.717, 1.165) is 45.6 Å². The van der Waals surface area contributed by atoms with Crippen LogP contribution in [0.25, 0.3) is 22.0 Å². The number of likely N-dealkylation sites (tertiary alicyclic amines) is 1. The number of thiazole rings is 1. The van der Waals surface area contributed by atoms with Gasteiger partial charge >= 0.3 is 6.03 Å². The van der Waals surface area contributed by atoms with Gasteiger partial charge < -0.3 is 10.2 Å². The van der Waals surface area contributed by atoms with Crippen molar-refractivity contribution in [1.82, 2.24) is 14.9 Å². The van der Waals surface area contributed by atoms with Gasteiger partial charge in [-0.15, -0.1) is 11.3 Å². The van der Waals surface area contributed by atoms with Gasteiger partial charge in [-0.1, -0.05) is 12.1 Å². The fourth-order valence-corrected chi connectivity index (χ4v) is 4.85. The number of hydrogen-bond donors (Lipinski definition) is 1. The van der Waals surface area contributed by atoms with Gasteiger partial charge in [-0.2, -0.15) is 0 Å². The molecule has 7 heteroatoms. The Hall–Kier alpha value is -3.32. The molecule has 2 aromatic heterocycles. The first-order chi connectivity index (χ1) is 14.7. The number of amides is 2. The number of carbonyl (C=O) groups excluding carboxylic acids is 1. The topological polar surface area (TPSA) is 58.1 Å². The number of fused-ring (bicyclic) bond motifs is 1. The second kappa shape index (κ2) is 7.84. The fraction of sp³-hybridized carbons (Fsp3) is 0.174. The number of carbonyl (C=O) groups is 1. The highest BCUT2D eigenvalue weighted by atomic mass is 32.1. The monoisotopic (exact) mass is 418 g/mol. The molecule has 30 heavy (non-hydrogen) atoms. The third-order valence-corrected chi connectivity index (χ3v) is 6.33. The van der Waals surface area contributed by atoms with Gasteiger partial charge in [-0.3, -0.25) is 4.98 Å². The van der Waals surface area contributed by atoms with Gasteiger partial charge in [0.1, 0.15) is 10.8 Å². The van der Waals surface area contributed by atoms with Crippen LogP contribution in [0.3, 0.4) is 0 Å². The number of anilines is 1. The van der Waals surface area contributed by atoms with Gasteiger partial charge in [0.2, 0.25) is 0 Å². The molecule has 3 heterocycles. The van der Waals surface area contributed by atoms with Crippen LogP contribution < -0.4 is 5.32 Å². The zero-order chi connectivity index (χ0) is 20.5. The predicted octanol–water partition coefficient (Wildman–Crippen LogP) is 5.87. The van der Waals surface area contributed by atoms with Crippen molar-refractivity contribution in [3.05, 3.63) is 77.1 Å². The molecule has 0 unspecified atom stereocenters. The lowest BCUT2D eigenvalue weighted by molar-refractivity contribution is 0.207. The van der Waals surface area contributed by atoms with Crippen molar-refractivity contribution in [3.8, 4) is 11.3 Å². The van der Waals surface area contributed by atoms with Crippen molar-refractivity contribution in [1.29, 1.82) is 0 Å². The average Bonchev–Trinajstić information content (AvgIpc) is 3.44. The van der Waals surface area contributed by atoms with Crippen LogP contribution in [0.1, 0.15) is 23.9 Å². The summed E-state index contributed by atoms with van der Waals surface area (Å²) in [5, 5.41) is 7.89. The molecule has 0 aliphatic carbocycles. The summed E-state index contributed by atoms with van der Waals surface area (Å²) in [7, 11) is 0. The van der Waals surface area contributed by atoms with Crippen LogP contribution in [0.4, 0.5) is 14.9 Å². The predicted molar refractivity (Wildman–Crippen MR) is 117 cm³/mol. The Balaban J connectivity index is 1.37. The highest BCUT2D eigenvalue weighted by molar-refractivity contribution is 7.10. The minimum absolute atomic E-state index is 0.0548. The summed E-state index contributed by atoms with van der Waals surface area (Å²) in [6.07, 6.45) is 5.33. The van der Waals surface area contributed by atoms with Gasteiger partial charge in [0.25, 0.3) is 0 Å². The summed E-state index contributed by atoms with van der Waals surface area (Å²) < 4.78 is 13.2. The molecule has 1 aliphatic rings. The SMILES string of the molecule is O=C(Nc1cccc2cnccc12)N1CCC[C@H]1c1nc(-c2ccc(F)cc2)cs1. The van der Waals surface area contributed by atoms with E-state index in [1.807, 2.05) is 34.5 Å². The van der Waals surface area contributed by atoms with E-state index in [-0.39, 0.29) is 17.9 Å². The number of rotatable bonds is 3. The molecule has 1 aliphatic heterocycles. The molecule has 1 fully saturated rings. The van der Waals surface area contributed by atoms with Crippen molar-refractivity contribution in [2.24, 2.45) is 0 Å². The molecule has 1 N–H and O–H groups in total. The summed E-state index contributed by atoms with van der Waals surface area (Å²) in [6, 6.07) is 13.8. The Labute approximate surface area is 177 Å². The molecule has 2 amide bonds. The van der Waals surface area contributed by atoms with Gasteiger partial charge in [0, 0.05) is 40.7 Å². The largest absolute Gasteiger partial charge is 0.322 e. The number of hydrogen-bond acceptors (Lipinski definition) is 4. The average molecular weight is 418 g/mol. The number of nitrogens with zero attached hydrogens (tertiary/aromatic N) is 3. The second-order valence-electron chi connectivity index (χ2n) is 7.26. The minimum Gasteiger partial charge on any atom is -0.315 e. The van der Waals surface area contributed by atoms with E-state index in [4.69, 9.17) is 4.98 Å². The first-order valence-corrected chi connectivity index (χ1v) is 10.7. The summed E-state index contributed by atoms with van der Waals surface area (Å²) >= 11 is 1.54. The zero-order valence-corrected chi connectivity index (χ0v) is 16.9. The number of halogens is 1. The molecule has 4 aromatic rings. The Morgan fingerprint density at radius 3 is 2.90 bits per heavy atom. The molecule has 0 radical (unpaired) electrons. The molecular formula is C23H19FN4OS. The summed E-state index contributed by atoms with van der Waals surface area (Å²) in [6.45, 7) is 0.689. The van der Waals surface area contributed by atoms with Crippen LogP contribution >= 0.6 is 11.3 Å². The number of benzene rings is 2. The smallest absolute Gasteiger partial charge is 0.315 e. The summed E-state index contributed by atoms with van der Waals surface area (Å²) in [5.41, 5.74) is 2.46. The maximum absolute atomic E-state index is 13.2. The molecule has 5 rings (SSSR count). The Morgan fingerprint density at radius 2 is 2.03 bits per heavy atom. The first kappa shape index (κ1) is 18.7. The molecule has 2 aromatic carbocycles. The van der Waals surface area contributed by atoms with E-state index < -0.39 is 0 Å². The fourth-order valence-electron chi connectivity index (χ4n) is 3.88. The summed E-state index contributed by atoms with van der Waals surface area (Å²) in [5.74, 6) is -0.267. The lowest BCUT2D eigenvalue weighted by Gasteiger charge is -2.24. The summed E-state index contributed by atoms with van der Waals surface area (Å²) in [4.78, 5) is 23.8. The van der Waals surface area contributed by atoms with Gasteiger partial charge in [-0.25, -0.2) is 14.2 Å². The van der Waals surface area contributed by atoms with Crippen LogP contribution in [0, 0.1) is 5.82 Å². The van der Waals surface area contributed by atoms with Crippen molar-refractivity contribution < 1.29 is 9.18 Å². The second-order valence-corrected chi connectivity index (χ2v) is 8.15. The third kappa shape index (κ3) is 3.52. The third-order valence-electron chi connectivity index (χ3n) is 5.38. The molecule has 1 saturated heterocycles. The van der Waals surface area contributed by atoms with Crippen molar-refractivity contribution in [2.75, 3.05) is 11.9 Å². The molecule has 0 spiro atoms. The van der Waals surface area contributed by atoms with Crippen LogP contribution in [0.5, 0.6) is 0 Å². The van der Waals surface area contributed by atoms with E-state index in [1.54, 1.807) is 35.9 Å². The van der Waals surface area contributed by atoms with Crippen molar-refractivity contribution >= 4 is 33.8 Å². The van der Waals surface area contributed by atoms with E-state index in [1.165, 1.54) is 12.1 Å². The highest BCUT2D eigenvalue weighted by Gasteiger charge is 2.32. The molecular weight excluding hydrogens is 399 g/mol. The number of urea groups is 1. The van der Waals surface area contributed by atoms with E-state index >= 15 is 0 Å². The molecule has 0 bridgehead atoms. The van der Waals surface area contributed by atoms with Gasteiger partial charge in [-0.05, 0) is 49.2 Å². The maximum atomic E-state index is 13.2. The maximum Gasteiger partial charge on any atom is 0.322 e. The van der Waals surface area contributed by atoms with Crippen LogP contribution in [0.15, 0.2) is 66.3 Å². The van der Waals surface area contributed by atoms with Crippen LogP contribution in [0.2, 0.25) is 0 Å². The van der Waals surface area contributed by atoms with Gasteiger partial charge in [0.05, 0.1) is 17.4 Å². The minimum atomic E-state index is -0.267. The molecule has 150 valence electrons. The highest BCUT2D eigenvalue weighted by Crippen LogP contribution is 2.36. The van der Waals surface area contributed by atoms with Crippen LogP contribution in [-0.4, -0.2) is 27.4 Å². The van der Waals surface area contributed by atoms with E-state index in [0.29, 0.717) is 6.54 Å². The Bertz CT molecular complexity index is 1200. The number of pyridine rings is 1. The Morgan fingerprint density at radius 1 is 1.17 bits per heavy atom. The zero-order valence-electron chi connectivity index (χ0n) is 16.1. The van der Waals surface area contributed by atoms with Crippen molar-refractivity contribution in [3.63, 3.8) is 0 Å². The molecule has 5 nitrogen and oxygen atoms in total. The normalized spacial score (nSPS) is 16.2. The van der Waals surface area contributed by atoms with Crippen molar-refractivity contribution in [2.45, 2.75) is 18.9 Å². The molecule has 1 atom stereocenters. The standard InChI is InChI=1S/C23H19FN4OS/c24-17-8-6-15(7-9-17)20-14-30-22(26-20)21-5-2-12-28(21)23(29)27-19-4-1-3-16-13-25-11-10-18(16)19/h1,3-4,6-11,13-14,21H,2,5,12H2,(H,27,29)/t21-/m0/s1. The quantitative estimate of drug-likeness (QED) is 0.453. The van der Waals surface area contributed by atoms with E-state index in [9.17, 15) is 9.18 Å². The van der Waals surface area contributed by atoms with E-state index in [2.05, 4.69) is 10.3 Å². The van der Waals surface area contributed by atoms with Gasteiger partial charge in [0.15, 0.2) is 0 Å².